The predicted molar refractivity (Wildman–Crippen MR) is 158 cm³/mol. The topological polar surface area (TPSA) is 116 Å². The molecule has 0 saturated heterocycles. The number of imide groups is 2. The number of amides is 6. The van der Waals surface area contributed by atoms with Crippen molar-refractivity contribution in [2.75, 3.05) is 10.6 Å². The first kappa shape index (κ1) is 37.8. The van der Waals surface area contributed by atoms with Crippen LogP contribution >= 0.6 is 46.4 Å². The van der Waals surface area contributed by atoms with Gasteiger partial charge in [-0.25, -0.2) is 44.7 Å². The maximum absolute atomic E-state index is 13.7. The Bertz CT molecular complexity index is 1790. The van der Waals surface area contributed by atoms with Crippen molar-refractivity contribution in [3.63, 3.8) is 0 Å². The number of anilines is 2. The number of carbonyl (C=O) groups excluding carboxylic acids is 4. The summed E-state index contributed by atoms with van der Waals surface area (Å²) in [5.74, 6) is -12.7. The third-order valence-corrected chi connectivity index (χ3v) is 6.75. The Kier molecular flexibility index (Phi) is 12.6. The average Bonchev–Trinajstić information content (AvgIpc) is 3.00. The van der Waals surface area contributed by atoms with Gasteiger partial charge in [0.25, 0.3) is 11.8 Å². The molecular formula is C28H12Cl4F8N4O4. The Morgan fingerprint density at radius 3 is 1.06 bits per heavy atom. The SMILES string of the molecule is O=C(NC(=O)c1c(F)cccc1F)Nc1cc(Cl)c(F)c(Cl)c1F.O=C(NC(=O)c1c(F)cccc1F)Nc1cc(Cl)c(F)c(Cl)c1F. The fourth-order valence-corrected chi connectivity index (χ4v) is 4.31. The zero-order valence-corrected chi connectivity index (χ0v) is 25.8. The lowest BCUT2D eigenvalue weighted by molar-refractivity contribution is 0.0948. The zero-order valence-electron chi connectivity index (χ0n) is 22.8. The standard InChI is InChI=1S/2C14H6Cl2F4N2O2/c2*15-5-4-8(12(20)10(16)11(5)19)21-14(24)22-13(23)9-6(17)2-1-3-7(9)18/h2*1-4H,(H2,21,22,23,24). The minimum absolute atomic E-state index is 0.580. The number of hydrogen-bond donors (Lipinski definition) is 4. The van der Waals surface area contributed by atoms with Crippen LogP contribution in [0.25, 0.3) is 0 Å². The normalized spacial score (nSPS) is 10.4. The highest BCUT2D eigenvalue weighted by atomic mass is 35.5. The number of hydrogen-bond acceptors (Lipinski definition) is 4. The number of halogens is 12. The summed E-state index contributed by atoms with van der Waals surface area (Å²) in [4.78, 5) is 46.7. The molecule has 4 aromatic rings. The largest absolute Gasteiger partial charge is 0.326 e. The van der Waals surface area contributed by atoms with Crippen molar-refractivity contribution in [1.29, 1.82) is 0 Å². The van der Waals surface area contributed by atoms with E-state index in [0.29, 0.717) is 12.1 Å². The van der Waals surface area contributed by atoms with Crippen LogP contribution in [0.2, 0.25) is 20.1 Å². The van der Waals surface area contributed by atoms with E-state index in [-0.39, 0.29) is 0 Å². The Balaban J connectivity index is 0.000000260. The molecular weight excluding hydrogens is 750 g/mol. The highest BCUT2D eigenvalue weighted by Gasteiger charge is 2.23. The summed E-state index contributed by atoms with van der Waals surface area (Å²) in [7, 11) is 0. The fraction of sp³-hybridized carbons (Fsp3) is 0. The quantitative estimate of drug-likeness (QED) is 0.0944. The minimum Gasteiger partial charge on any atom is -0.305 e. The zero-order chi connectivity index (χ0) is 36.0. The minimum atomic E-state index is -1.40. The number of urea groups is 2. The molecule has 252 valence electrons. The Morgan fingerprint density at radius 1 is 0.479 bits per heavy atom. The van der Waals surface area contributed by atoms with Crippen molar-refractivity contribution >= 4 is 81.7 Å². The van der Waals surface area contributed by atoms with Gasteiger partial charge >= 0.3 is 12.1 Å². The summed E-state index contributed by atoms with van der Waals surface area (Å²) in [6.07, 6.45) is 0. The van der Waals surface area contributed by atoms with Gasteiger partial charge in [-0.15, -0.1) is 0 Å². The third-order valence-electron chi connectivity index (χ3n) is 5.54. The van der Waals surface area contributed by atoms with Crippen molar-refractivity contribution in [3.8, 4) is 0 Å². The Hall–Kier alpha value is -4.64. The van der Waals surface area contributed by atoms with E-state index in [1.807, 2.05) is 10.6 Å². The number of benzene rings is 4. The fourth-order valence-electron chi connectivity index (χ4n) is 3.40. The second kappa shape index (κ2) is 16.0. The number of carbonyl (C=O) groups is 4. The second-order valence-corrected chi connectivity index (χ2v) is 10.3. The molecule has 0 aliphatic carbocycles. The lowest BCUT2D eigenvalue weighted by Crippen LogP contribution is -2.35. The molecule has 0 aliphatic rings. The number of nitrogens with one attached hydrogen (secondary N) is 4. The van der Waals surface area contributed by atoms with Gasteiger partial charge in [-0.1, -0.05) is 58.5 Å². The highest BCUT2D eigenvalue weighted by molar-refractivity contribution is 6.36. The van der Waals surface area contributed by atoms with Gasteiger partial charge in [0, 0.05) is 0 Å². The highest BCUT2D eigenvalue weighted by Crippen LogP contribution is 2.32. The summed E-state index contributed by atoms with van der Waals surface area (Å²) >= 11 is 21.6. The van der Waals surface area contributed by atoms with Crippen LogP contribution in [0.4, 0.5) is 56.1 Å². The lowest BCUT2D eigenvalue weighted by atomic mass is 10.2. The molecule has 4 N–H and O–H groups in total. The molecule has 0 heterocycles. The second-order valence-electron chi connectivity index (χ2n) is 8.71. The van der Waals surface area contributed by atoms with Gasteiger partial charge in [-0.3, -0.25) is 20.2 Å². The van der Waals surface area contributed by atoms with Crippen molar-refractivity contribution in [2.24, 2.45) is 0 Å². The molecule has 0 fully saturated rings. The average molecular weight is 762 g/mol. The van der Waals surface area contributed by atoms with Gasteiger partial charge in [0.15, 0.2) is 23.3 Å². The van der Waals surface area contributed by atoms with Gasteiger partial charge in [0.05, 0.1) is 21.4 Å². The van der Waals surface area contributed by atoms with E-state index in [0.717, 1.165) is 36.4 Å². The first-order valence-electron chi connectivity index (χ1n) is 12.2. The van der Waals surface area contributed by atoms with E-state index in [1.54, 1.807) is 10.6 Å². The van der Waals surface area contributed by atoms with Gasteiger partial charge in [0.2, 0.25) is 0 Å². The van der Waals surface area contributed by atoms with Crippen molar-refractivity contribution < 1.29 is 54.3 Å². The molecule has 8 nitrogen and oxygen atoms in total. The van der Waals surface area contributed by atoms with Crippen LogP contribution in [0, 0.1) is 46.5 Å². The van der Waals surface area contributed by atoms with Crippen LogP contribution < -0.4 is 21.3 Å². The smallest absolute Gasteiger partial charge is 0.305 e. The van der Waals surface area contributed by atoms with Crippen LogP contribution in [0.1, 0.15) is 20.7 Å². The predicted octanol–water partition coefficient (Wildman–Crippen LogP) is 9.02. The molecule has 4 aromatic carbocycles. The molecule has 0 aliphatic heterocycles. The molecule has 6 amide bonds. The van der Waals surface area contributed by atoms with Crippen LogP contribution in [0.3, 0.4) is 0 Å². The summed E-state index contributed by atoms with van der Waals surface area (Å²) < 4.78 is 108. The van der Waals surface area contributed by atoms with E-state index in [9.17, 15) is 54.3 Å². The molecule has 0 radical (unpaired) electrons. The van der Waals surface area contributed by atoms with Crippen molar-refractivity contribution in [2.45, 2.75) is 0 Å². The van der Waals surface area contributed by atoms with E-state index in [2.05, 4.69) is 0 Å². The van der Waals surface area contributed by atoms with Crippen LogP contribution in [0.15, 0.2) is 48.5 Å². The molecule has 4 rings (SSSR count). The first-order chi connectivity index (χ1) is 22.4. The van der Waals surface area contributed by atoms with E-state index in [4.69, 9.17) is 46.4 Å². The summed E-state index contributed by atoms with van der Waals surface area (Å²) in [6, 6.07) is 4.07. The molecule has 0 aromatic heterocycles. The summed E-state index contributed by atoms with van der Waals surface area (Å²) in [6.45, 7) is 0. The van der Waals surface area contributed by atoms with Gasteiger partial charge in [-0.05, 0) is 36.4 Å². The van der Waals surface area contributed by atoms with Crippen LogP contribution in [-0.2, 0) is 0 Å². The maximum atomic E-state index is 13.7. The molecule has 0 bridgehead atoms. The van der Waals surface area contributed by atoms with E-state index < -0.39 is 113 Å². The maximum Gasteiger partial charge on any atom is 0.326 e. The Morgan fingerprint density at radius 2 is 0.771 bits per heavy atom. The van der Waals surface area contributed by atoms with Crippen LogP contribution in [0.5, 0.6) is 0 Å². The monoisotopic (exact) mass is 760 g/mol. The first-order valence-corrected chi connectivity index (χ1v) is 13.7. The van der Waals surface area contributed by atoms with Crippen molar-refractivity contribution in [3.05, 3.63) is 126 Å². The third kappa shape index (κ3) is 8.83. The van der Waals surface area contributed by atoms with Gasteiger partial charge in [0.1, 0.15) is 44.4 Å². The lowest BCUT2D eigenvalue weighted by Gasteiger charge is -2.10. The van der Waals surface area contributed by atoms with Crippen molar-refractivity contribution in [1.82, 2.24) is 10.6 Å². The molecule has 0 saturated carbocycles. The molecule has 0 unspecified atom stereocenters. The Labute approximate surface area is 282 Å². The van der Waals surface area contributed by atoms with Gasteiger partial charge in [-0.2, -0.15) is 0 Å². The summed E-state index contributed by atoms with van der Waals surface area (Å²) in [5.41, 5.74) is -3.26. The van der Waals surface area contributed by atoms with E-state index in [1.165, 1.54) is 0 Å². The molecule has 48 heavy (non-hydrogen) atoms. The molecule has 20 heteroatoms. The molecule has 0 spiro atoms. The van der Waals surface area contributed by atoms with Crippen LogP contribution in [-0.4, -0.2) is 23.9 Å². The number of rotatable bonds is 4. The molecule has 0 atom stereocenters. The van der Waals surface area contributed by atoms with E-state index >= 15 is 0 Å². The van der Waals surface area contributed by atoms with Gasteiger partial charge < -0.3 is 10.6 Å². The summed E-state index contributed by atoms with van der Waals surface area (Å²) in [5, 5.41) is 3.75.